The van der Waals surface area contributed by atoms with Gasteiger partial charge in [-0.2, -0.15) is 0 Å². The molecule has 2 aromatic rings. The van der Waals surface area contributed by atoms with E-state index < -0.39 is 18.2 Å². The summed E-state index contributed by atoms with van der Waals surface area (Å²) in [5, 5.41) is 13.7. The van der Waals surface area contributed by atoms with Crippen LogP contribution < -0.4 is 5.32 Å². The molecule has 2 heterocycles. The number of carbonyl (C=O) groups excluding carboxylic acids is 1. The van der Waals surface area contributed by atoms with Crippen molar-refractivity contribution in [3.05, 3.63) is 59.5 Å². The van der Waals surface area contributed by atoms with Gasteiger partial charge >= 0.3 is 0 Å². The fourth-order valence-corrected chi connectivity index (χ4v) is 3.67. The molecule has 3 unspecified atom stereocenters. The minimum atomic E-state index is -1.04. The Morgan fingerprint density at radius 3 is 2.77 bits per heavy atom. The Kier molecular flexibility index (Phi) is 7.01. The summed E-state index contributed by atoms with van der Waals surface area (Å²) in [5.41, 5.74) is 5.21. The first-order chi connectivity index (χ1) is 14.7. The number of anilines is 1. The Hall–Kier alpha value is -2.86. The number of nitrogens with one attached hydrogen (secondary N) is 1. The molecule has 0 aliphatic heterocycles. The summed E-state index contributed by atoms with van der Waals surface area (Å²) in [7, 11) is 0. The number of aliphatic hydroxyl groups excluding tert-OH is 1. The second-order valence-electron chi connectivity index (χ2n) is 8.14. The van der Waals surface area contributed by atoms with Gasteiger partial charge in [0, 0.05) is 28.9 Å². The van der Waals surface area contributed by atoms with Crippen molar-refractivity contribution >= 4 is 28.2 Å². The smallest absolute Gasteiger partial charge is 0.231 e. The lowest BCUT2D eigenvalue weighted by Gasteiger charge is -2.15. The molecule has 3 rings (SSSR count). The Morgan fingerprint density at radius 1 is 1.45 bits per heavy atom. The summed E-state index contributed by atoms with van der Waals surface area (Å²) < 4.78 is 13.1. The third-order valence-electron chi connectivity index (χ3n) is 5.59. The highest BCUT2D eigenvalue weighted by atomic mass is 19.1. The minimum absolute atomic E-state index is 0.279. The van der Waals surface area contributed by atoms with Crippen molar-refractivity contribution in [1.29, 1.82) is 0 Å². The van der Waals surface area contributed by atoms with Crippen LogP contribution in [0.1, 0.15) is 51.3 Å². The number of allylic oxidation sites excluding steroid dienone is 3. The highest BCUT2D eigenvalue weighted by Gasteiger charge is 2.43. The molecule has 0 aromatic carbocycles. The minimum Gasteiger partial charge on any atom is -0.388 e. The molecule has 1 aliphatic rings. The van der Waals surface area contributed by atoms with Gasteiger partial charge in [-0.15, -0.1) is 0 Å². The Labute approximate surface area is 182 Å². The van der Waals surface area contributed by atoms with Crippen LogP contribution in [0.2, 0.25) is 0 Å². The monoisotopic (exact) mass is 423 g/mol. The summed E-state index contributed by atoms with van der Waals surface area (Å²) in [6.07, 6.45) is 5.87. The van der Waals surface area contributed by atoms with E-state index in [4.69, 9.17) is 4.98 Å². The zero-order valence-corrected chi connectivity index (χ0v) is 18.6. The first-order valence-electron chi connectivity index (χ1n) is 10.7. The molecule has 3 atom stereocenters. The molecule has 1 aliphatic carbocycles. The largest absolute Gasteiger partial charge is 0.388 e. The predicted molar refractivity (Wildman–Crippen MR) is 123 cm³/mol. The molecule has 1 amide bonds. The number of hydrogen-bond donors (Lipinski definition) is 2. The molecule has 0 saturated heterocycles. The van der Waals surface area contributed by atoms with Crippen molar-refractivity contribution in [3.8, 4) is 0 Å². The first kappa shape index (κ1) is 22.8. The van der Waals surface area contributed by atoms with E-state index in [1.165, 1.54) is 0 Å². The van der Waals surface area contributed by atoms with Crippen LogP contribution in [0.5, 0.6) is 0 Å². The highest BCUT2D eigenvalue weighted by Crippen LogP contribution is 2.35. The van der Waals surface area contributed by atoms with Gasteiger partial charge in [-0.05, 0) is 56.4 Å². The third kappa shape index (κ3) is 5.25. The van der Waals surface area contributed by atoms with Crippen molar-refractivity contribution in [2.45, 2.75) is 59.2 Å². The highest BCUT2D eigenvalue weighted by molar-refractivity contribution is 5.96. The van der Waals surface area contributed by atoms with Crippen molar-refractivity contribution < 1.29 is 14.3 Å². The van der Waals surface area contributed by atoms with E-state index in [1.54, 1.807) is 12.3 Å². The van der Waals surface area contributed by atoms with E-state index in [0.717, 1.165) is 34.2 Å². The molecular formula is C25H30FN3O2. The maximum atomic E-state index is 13.1. The van der Waals surface area contributed by atoms with E-state index in [-0.39, 0.29) is 12.3 Å². The molecule has 1 saturated carbocycles. The SMILES string of the molecule is C=C(/C=C(C)\C(=C/C)c1cc2cnc(NC(=O)C3CC3F)cc2nc1C)C(O)CCC. The number of carbonyl (C=O) groups is 1. The van der Waals surface area contributed by atoms with Crippen LogP contribution in [-0.2, 0) is 4.79 Å². The lowest BCUT2D eigenvalue weighted by atomic mass is 9.94. The second-order valence-corrected chi connectivity index (χ2v) is 8.14. The molecule has 0 spiro atoms. The van der Waals surface area contributed by atoms with Gasteiger partial charge in [-0.25, -0.2) is 9.37 Å². The van der Waals surface area contributed by atoms with Crippen LogP contribution in [0, 0.1) is 12.8 Å². The average molecular weight is 424 g/mol. The number of nitrogens with zero attached hydrogens (tertiary/aromatic N) is 2. The van der Waals surface area contributed by atoms with Crippen LogP contribution in [0.3, 0.4) is 0 Å². The van der Waals surface area contributed by atoms with E-state index in [9.17, 15) is 14.3 Å². The summed E-state index contributed by atoms with van der Waals surface area (Å²) in [5.74, 6) is -0.526. The standard InChI is InChI=1S/C25H30FN3O2/c1-6-8-23(30)15(4)9-14(3)18(7-2)19-10-17-13-27-24(12-22(17)28-16(19)5)29-25(31)20-11-21(20)26/h7,9-10,12-13,20-21,23,30H,4,6,8,11H2,1-3,5H3,(H,27,29,31)/b14-9-,18-7+. The van der Waals surface area contributed by atoms with Gasteiger partial charge in [0.15, 0.2) is 0 Å². The number of aromatic nitrogens is 2. The molecule has 0 radical (unpaired) electrons. The lowest BCUT2D eigenvalue weighted by molar-refractivity contribution is -0.117. The summed E-state index contributed by atoms with van der Waals surface area (Å²) in [6.45, 7) is 11.9. The molecule has 164 valence electrons. The normalized spacial score (nSPS) is 19.9. The van der Waals surface area contributed by atoms with Crippen LogP contribution in [0.4, 0.5) is 10.2 Å². The predicted octanol–water partition coefficient (Wildman–Crippen LogP) is 5.30. The summed E-state index contributed by atoms with van der Waals surface area (Å²) in [6, 6.07) is 3.73. The second kappa shape index (κ2) is 9.52. The Morgan fingerprint density at radius 2 is 2.16 bits per heavy atom. The number of amides is 1. The van der Waals surface area contributed by atoms with Crippen molar-refractivity contribution in [3.63, 3.8) is 0 Å². The van der Waals surface area contributed by atoms with Gasteiger partial charge in [-0.3, -0.25) is 9.78 Å². The van der Waals surface area contributed by atoms with Gasteiger partial charge in [0.2, 0.25) is 5.91 Å². The van der Waals surface area contributed by atoms with Gasteiger partial charge in [0.1, 0.15) is 12.0 Å². The molecule has 1 fully saturated rings. The number of hydrogen-bond acceptors (Lipinski definition) is 4. The number of halogens is 1. The summed E-state index contributed by atoms with van der Waals surface area (Å²) in [4.78, 5) is 21.0. The number of aryl methyl sites for hydroxylation is 1. The van der Waals surface area contributed by atoms with E-state index in [0.29, 0.717) is 23.3 Å². The Balaban J connectivity index is 1.87. The van der Waals surface area contributed by atoms with Crippen LogP contribution in [0.15, 0.2) is 48.2 Å². The van der Waals surface area contributed by atoms with E-state index >= 15 is 0 Å². The van der Waals surface area contributed by atoms with Crippen molar-refractivity contribution in [1.82, 2.24) is 9.97 Å². The zero-order valence-electron chi connectivity index (χ0n) is 18.6. The number of pyridine rings is 2. The van der Waals surface area contributed by atoms with Gasteiger partial charge in [0.25, 0.3) is 0 Å². The first-order valence-corrected chi connectivity index (χ1v) is 10.7. The molecule has 2 aromatic heterocycles. The topological polar surface area (TPSA) is 75.1 Å². The molecule has 5 nitrogen and oxygen atoms in total. The summed E-state index contributed by atoms with van der Waals surface area (Å²) >= 11 is 0. The maximum Gasteiger partial charge on any atom is 0.231 e. The third-order valence-corrected chi connectivity index (χ3v) is 5.59. The lowest BCUT2D eigenvalue weighted by Crippen LogP contribution is -2.15. The number of aliphatic hydroxyl groups is 1. The van der Waals surface area contributed by atoms with E-state index in [1.807, 2.05) is 45.9 Å². The van der Waals surface area contributed by atoms with Gasteiger partial charge in [0.05, 0.1) is 17.5 Å². The van der Waals surface area contributed by atoms with Gasteiger partial charge in [-0.1, -0.05) is 32.1 Å². The van der Waals surface area contributed by atoms with Crippen molar-refractivity contribution in [2.24, 2.45) is 5.92 Å². The van der Waals surface area contributed by atoms with Gasteiger partial charge < -0.3 is 10.4 Å². The molecule has 0 bridgehead atoms. The number of alkyl halides is 1. The van der Waals surface area contributed by atoms with Crippen LogP contribution >= 0.6 is 0 Å². The number of fused-ring (bicyclic) bond motifs is 1. The Bertz CT molecular complexity index is 1070. The quantitative estimate of drug-likeness (QED) is 0.565. The van der Waals surface area contributed by atoms with Crippen LogP contribution in [-0.4, -0.2) is 33.3 Å². The fraction of sp³-hybridized carbons (Fsp3) is 0.400. The molecular weight excluding hydrogens is 393 g/mol. The average Bonchev–Trinajstić information content (AvgIpc) is 3.46. The van der Waals surface area contributed by atoms with E-state index in [2.05, 4.69) is 16.9 Å². The maximum absolute atomic E-state index is 13.1. The molecule has 6 heteroatoms. The van der Waals surface area contributed by atoms with Crippen LogP contribution in [0.25, 0.3) is 16.5 Å². The molecule has 2 N–H and O–H groups in total. The molecule has 31 heavy (non-hydrogen) atoms. The number of rotatable bonds is 8. The zero-order chi connectivity index (χ0) is 22.7. The van der Waals surface area contributed by atoms with Crippen molar-refractivity contribution in [2.75, 3.05) is 5.32 Å². The fourth-order valence-electron chi connectivity index (χ4n) is 3.67.